The number of aliphatic hydroxyl groups excluding tert-OH is 1. The number of anilines is 1. The molecule has 1 atom stereocenters. The van der Waals surface area contributed by atoms with Crippen molar-refractivity contribution in [3.05, 3.63) is 17.6 Å². The van der Waals surface area contributed by atoms with Crippen LogP contribution in [0.5, 0.6) is 0 Å². The summed E-state index contributed by atoms with van der Waals surface area (Å²) in [6.45, 7) is 6.25. The van der Waals surface area contributed by atoms with E-state index in [0.717, 1.165) is 0 Å². The standard InChI is InChI=1S/C13H21N3O3/c1-8(2)5-10(17)7-14-11-6-9(3)15-12(16-11)13(18)19-4/h6,8,10,17H,5,7H2,1-4H3,(H,14,15,16). The first-order chi connectivity index (χ1) is 8.92. The van der Waals surface area contributed by atoms with E-state index < -0.39 is 12.1 Å². The van der Waals surface area contributed by atoms with Crippen molar-refractivity contribution in [1.82, 2.24) is 9.97 Å². The molecule has 0 bridgehead atoms. The van der Waals surface area contributed by atoms with E-state index >= 15 is 0 Å². The van der Waals surface area contributed by atoms with Crippen LogP contribution >= 0.6 is 0 Å². The summed E-state index contributed by atoms with van der Waals surface area (Å²) >= 11 is 0. The van der Waals surface area contributed by atoms with E-state index in [-0.39, 0.29) is 5.82 Å². The predicted octanol–water partition coefficient (Wildman–Crippen LogP) is 1.39. The molecule has 0 aliphatic rings. The number of aromatic nitrogens is 2. The average molecular weight is 267 g/mol. The zero-order valence-corrected chi connectivity index (χ0v) is 11.8. The van der Waals surface area contributed by atoms with Crippen LogP contribution in [-0.4, -0.2) is 40.8 Å². The Labute approximate surface area is 113 Å². The topological polar surface area (TPSA) is 84.3 Å². The summed E-state index contributed by atoms with van der Waals surface area (Å²) in [5.41, 5.74) is 0.663. The number of rotatable bonds is 6. The zero-order valence-electron chi connectivity index (χ0n) is 11.8. The van der Waals surface area contributed by atoms with Crippen molar-refractivity contribution in [3.8, 4) is 0 Å². The zero-order chi connectivity index (χ0) is 14.4. The van der Waals surface area contributed by atoms with Gasteiger partial charge in [-0.15, -0.1) is 0 Å². The van der Waals surface area contributed by atoms with Crippen molar-refractivity contribution >= 4 is 11.8 Å². The molecule has 0 fully saturated rings. The molecule has 0 amide bonds. The number of aliphatic hydroxyl groups is 1. The quantitative estimate of drug-likeness (QED) is 0.758. The number of carbonyl (C=O) groups is 1. The Morgan fingerprint density at radius 3 is 2.74 bits per heavy atom. The maximum Gasteiger partial charge on any atom is 0.376 e. The van der Waals surface area contributed by atoms with Crippen LogP contribution in [0.15, 0.2) is 6.07 Å². The molecule has 1 aromatic heterocycles. The highest BCUT2D eigenvalue weighted by Crippen LogP contribution is 2.09. The van der Waals surface area contributed by atoms with Gasteiger partial charge in [0.2, 0.25) is 5.82 Å². The molecule has 0 aromatic carbocycles. The minimum Gasteiger partial charge on any atom is -0.463 e. The minimum atomic E-state index is -0.575. The molecule has 1 unspecified atom stereocenters. The van der Waals surface area contributed by atoms with Crippen molar-refractivity contribution in [2.45, 2.75) is 33.3 Å². The third-order valence-corrected chi connectivity index (χ3v) is 2.48. The normalized spacial score (nSPS) is 12.3. The van der Waals surface area contributed by atoms with Crippen LogP contribution in [0.1, 0.15) is 36.6 Å². The van der Waals surface area contributed by atoms with Gasteiger partial charge in [-0.05, 0) is 19.3 Å². The van der Waals surface area contributed by atoms with Gasteiger partial charge in [0, 0.05) is 18.3 Å². The second-order valence-corrected chi connectivity index (χ2v) is 4.87. The summed E-state index contributed by atoms with van der Waals surface area (Å²) in [5, 5.41) is 12.8. The van der Waals surface area contributed by atoms with Crippen LogP contribution in [0.2, 0.25) is 0 Å². The fourth-order valence-corrected chi connectivity index (χ4v) is 1.69. The molecule has 2 N–H and O–H groups in total. The third kappa shape index (κ3) is 5.21. The molecule has 0 radical (unpaired) electrons. The van der Waals surface area contributed by atoms with Crippen molar-refractivity contribution in [2.75, 3.05) is 19.0 Å². The first kappa shape index (κ1) is 15.4. The number of nitrogens with zero attached hydrogens (tertiary/aromatic N) is 2. The van der Waals surface area contributed by atoms with Crippen molar-refractivity contribution in [2.24, 2.45) is 5.92 Å². The first-order valence-electron chi connectivity index (χ1n) is 6.28. The fraction of sp³-hybridized carbons (Fsp3) is 0.615. The van der Waals surface area contributed by atoms with Gasteiger partial charge in [-0.3, -0.25) is 0 Å². The Balaban J connectivity index is 2.68. The van der Waals surface area contributed by atoms with E-state index in [1.165, 1.54) is 7.11 Å². The third-order valence-electron chi connectivity index (χ3n) is 2.48. The Morgan fingerprint density at radius 2 is 2.16 bits per heavy atom. The van der Waals surface area contributed by atoms with Crippen LogP contribution in [0.3, 0.4) is 0 Å². The van der Waals surface area contributed by atoms with Crippen LogP contribution in [-0.2, 0) is 4.74 Å². The molecule has 0 saturated carbocycles. The Kier molecular flexibility index (Phi) is 5.69. The van der Waals surface area contributed by atoms with Gasteiger partial charge >= 0.3 is 5.97 Å². The van der Waals surface area contributed by atoms with Gasteiger partial charge in [0.1, 0.15) is 5.82 Å². The number of hydrogen-bond acceptors (Lipinski definition) is 6. The molecule has 0 spiro atoms. The Hall–Kier alpha value is -1.69. The maximum atomic E-state index is 11.4. The lowest BCUT2D eigenvalue weighted by Gasteiger charge is -2.14. The number of carbonyl (C=O) groups excluding carboxylic acids is 1. The van der Waals surface area contributed by atoms with Crippen LogP contribution in [0.25, 0.3) is 0 Å². The Bertz CT molecular complexity index is 435. The highest BCUT2D eigenvalue weighted by molar-refractivity contribution is 5.85. The van der Waals surface area contributed by atoms with Crippen LogP contribution in [0.4, 0.5) is 5.82 Å². The maximum absolute atomic E-state index is 11.4. The summed E-state index contributed by atoms with van der Waals surface area (Å²) in [6, 6.07) is 1.72. The predicted molar refractivity (Wildman–Crippen MR) is 72.1 cm³/mol. The molecule has 1 heterocycles. The lowest BCUT2D eigenvalue weighted by atomic mass is 10.1. The SMILES string of the molecule is COC(=O)c1nc(C)cc(NCC(O)CC(C)C)n1. The van der Waals surface area contributed by atoms with E-state index in [1.807, 2.05) is 13.8 Å². The van der Waals surface area contributed by atoms with Gasteiger partial charge in [0.05, 0.1) is 13.2 Å². The second-order valence-electron chi connectivity index (χ2n) is 4.87. The largest absolute Gasteiger partial charge is 0.463 e. The number of esters is 1. The number of methoxy groups -OCH3 is 1. The monoisotopic (exact) mass is 267 g/mol. The molecule has 106 valence electrons. The average Bonchev–Trinajstić information content (AvgIpc) is 2.34. The van der Waals surface area contributed by atoms with E-state index in [9.17, 15) is 9.90 Å². The van der Waals surface area contributed by atoms with Gasteiger partial charge in [0.15, 0.2) is 0 Å². The summed E-state index contributed by atoms with van der Waals surface area (Å²) in [7, 11) is 1.29. The van der Waals surface area contributed by atoms with E-state index in [1.54, 1.807) is 13.0 Å². The molecular formula is C13H21N3O3. The van der Waals surface area contributed by atoms with Crippen molar-refractivity contribution in [3.63, 3.8) is 0 Å². The molecule has 6 heteroatoms. The molecule has 0 aliphatic carbocycles. The van der Waals surface area contributed by atoms with Gasteiger partial charge in [-0.1, -0.05) is 13.8 Å². The van der Waals surface area contributed by atoms with Gasteiger partial charge in [0.25, 0.3) is 0 Å². The number of hydrogen-bond donors (Lipinski definition) is 2. The van der Waals surface area contributed by atoms with Crippen molar-refractivity contribution < 1.29 is 14.6 Å². The molecule has 0 aliphatic heterocycles. The number of aryl methyl sites for hydroxylation is 1. The Morgan fingerprint density at radius 1 is 1.47 bits per heavy atom. The van der Waals surface area contributed by atoms with Gasteiger partial charge < -0.3 is 15.2 Å². The van der Waals surface area contributed by atoms with Crippen molar-refractivity contribution in [1.29, 1.82) is 0 Å². The van der Waals surface area contributed by atoms with E-state index in [2.05, 4.69) is 20.0 Å². The van der Waals surface area contributed by atoms with Gasteiger partial charge in [-0.25, -0.2) is 14.8 Å². The highest BCUT2D eigenvalue weighted by Gasteiger charge is 2.12. The highest BCUT2D eigenvalue weighted by atomic mass is 16.5. The molecular weight excluding hydrogens is 246 g/mol. The van der Waals surface area contributed by atoms with E-state index in [0.29, 0.717) is 30.4 Å². The number of nitrogens with one attached hydrogen (secondary N) is 1. The second kappa shape index (κ2) is 7.04. The summed E-state index contributed by atoms with van der Waals surface area (Å²) in [6.07, 6.45) is 0.262. The molecule has 19 heavy (non-hydrogen) atoms. The van der Waals surface area contributed by atoms with E-state index in [4.69, 9.17) is 0 Å². The minimum absolute atomic E-state index is 0.0170. The smallest absolute Gasteiger partial charge is 0.376 e. The van der Waals surface area contributed by atoms with Crippen LogP contribution < -0.4 is 5.32 Å². The van der Waals surface area contributed by atoms with Gasteiger partial charge in [-0.2, -0.15) is 0 Å². The molecule has 0 saturated heterocycles. The molecule has 6 nitrogen and oxygen atoms in total. The van der Waals surface area contributed by atoms with Crippen LogP contribution in [0, 0.1) is 12.8 Å². The lowest BCUT2D eigenvalue weighted by molar-refractivity contribution is 0.0586. The summed E-state index contributed by atoms with van der Waals surface area (Å²) in [5.74, 6) is 0.378. The lowest BCUT2D eigenvalue weighted by Crippen LogP contribution is -2.22. The first-order valence-corrected chi connectivity index (χ1v) is 6.28. The molecule has 1 rings (SSSR count). The summed E-state index contributed by atoms with van der Waals surface area (Å²) < 4.78 is 4.58. The molecule has 1 aromatic rings. The number of ether oxygens (including phenoxy) is 1. The summed E-state index contributed by atoms with van der Waals surface area (Å²) in [4.78, 5) is 19.4. The fourth-order valence-electron chi connectivity index (χ4n) is 1.69.